The van der Waals surface area contributed by atoms with Crippen LogP contribution >= 0.6 is 11.8 Å². The standard InChI is InChI=1S/C16H16F3N3O2S/c1-24-12-5-3-2-4-11(12)6-8-20-14(23)10-25-15-21-9-7-13(22-15)16(17,18)19/h2-5,7,9H,6,8,10H2,1H3,(H,20,23). The van der Waals surface area contributed by atoms with Crippen LogP contribution in [0.2, 0.25) is 0 Å². The minimum Gasteiger partial charge on any atom is -0.496 e. The smallest absolute Gasteiger partial charge is 0.433 e. The number of alkyl halides is 3. The Morgan fingerprint density at radius 2 is 2.04 bits per heavy atom. The molecule has 1 heterocycles. The number of methoxy groups -OCH3 is 1. The average Bonchev–Trinajstić information content (AvgIpc) is 2.60. The molecule has 0 saturated carbocycles. The van der Waals surface area contributed by atoms with Crippen molar-refractivity contribution in [1.29, 1.82) is 0 Å². The van der Waals surface area contributed by atoms with Crippen molar-refractivity contribution in [1.82, 2.24) is 15.3 Å². The summed E-state index contributed by atoms with van der Waals surface area (Å²) in [6.07, 6.45) is -2.92. The van der Waals surface area contributed by atoms with Crippen LogP contribution in [0.1, 0.15) is 11.3 Å². The van der Waals surface area contributed by atoms with Crippen LogP contribution in [0.4, 0.5) is 13.2 Å². The molecule has 1 amide bonds. The van der Waals surface area contributed by atoms with Crippen LogP contribution in [-0.4, -0.2) is 35.3 Å². The number of nitrogens with zero attached hydrogens (tertiary/aromatic N) is 2. The number of thioether (sulfide) groups is 1. The molecule has 2 rings (SSSR count). The molecule has 0 bridgehead atoms. The van der Waals surface area contributed by atoms with E-state index in [1.54, 1.807) is 7.11 Å². The van der Waals surface area contributed by atoms with E-state index >= 15 is 0 Å². The molecule has 1 aromatic heterocycles. The number of benzene rings is 1. The lowest BCUT2D eigenvalue weighted by Gasteiger charge is -2.09. The number of carbonyl (C=O) groups excluding carboxylic acids is 1. The van der Waals surface area contributed by atoms with Gasteiger partial charge < -0.3 is 10.1 Å². The maximum atomic E-state index is 12.6. The van der Waals surface area contributed by atoms with Crippen molar-refractivity contribution in [2.45, 2.75) is 17.8 Å². The second kappa shape index (κ2) is 8.70. The summed E-state index contributed by atoms with van der Waals surface area (Å²) in [6.45, 7) is 0.392. The highest BCUT2D eigenvalue weighted by atomic mass is 32.2. The summed E-state index contributed by atoms with van der Waals surface area (Å²) >= 11 is 0.854. The summed E-state index contributed by atoms with van der Waals surface area (Å²) in [7, 11) is 1.57. The van der Waals surface area contributed by atoms with Crippen LogP contribution in [0.5, 0.6) is 5.75 Å². The lowest BCUT2D eigenvalue weighted by atomic mass is 10.1. The van der Waals surface area contributed by atoms with E-state index in [2.05, 4.69) is 15.3 Å². The number of para-hydroxylation sites is 1. The van der Waals surface area contributed by atoms with E-state index in [9.17, 15) is 18.0 Å². The zero-order chi connectivity index (χ0) is 18.3. The van der Waals surface area contributed by atoms with E-state index in [0.717, 1.165) is 35.3 Å². The van der Waals surface area contributed by atoms with Gasteiger partial charge in [-0.3, -0.25) is 4.79 Å². The van der Waals surface area contributed by atoms with E-state index in [1.807, 2.05) is 24.3 Å². The molecule has 0 aliphatic heterocycles. The number of ether oxygens (including phenoxy) is 1. The van der Waals surface area contributed by atoms with Gasteiger partial charge in [0.1, 0.15) is 11.4 Å². The molecule has 0 fully saturated rings. The van der Waals surface area contributed by atoms with Crippen LogP contribution in [0.3, 0.4) is 0 Å². The van der Waals surface area contributed by atoms with Crippen molar-refractivity contribution >= 4 is 17.7 Å². The first-order chi connectivity index (χ1) is 11.9. The molecule has 0 spiro atoms. The predicted octanol–water partition coefficient (Wildman–Crippen LogP) is 2.96. The Morgan fingerprint density at radius 3 is 2.76 bits per heavy atom. The summed E-state index contributed by atoms with van der Waals surface area (Å²) < 4.78 is 42.9. The number of aromatic nitrogens is 2. The maximum absolute atomic E-state index is 12.6. The molecule has 0 saturated heterocycles. The minimum absolute atomic E-state index is 0.0623. The van der Waals surface area contributed by atoms with E-state index in [1.165, 1.54) is 0 Å². The van der Waals surface area contributed by atoms with Gasteiger partial charge in [0.15, 0.2) is 5.16 Å². The third kappa shape index (κ3) is 5.93. The predicted molar refractivity (Wildman–Crippen MR) is 87.5 cm³/mol. The summed E-state index contributed by atoms with van der Waals surface area (Å²) in [4.78, 5) is 18.9. The molecule has 9 heteroatoms. The molecule has 1 aromatic carbocycles. The second-order valence-electron chi connectivity index (χ2n) is 4.92. The van der Waals surface area contributed by atoms with Crippen molar-refractivity contribution in [3.8, 4) is 5.75 Å². The Balaban J connectivity index is 1.79. The number of amides is 1. The number of halogens is 3. The minimum atomic E-state index is -4.53. The van der Waals surface area contributed by atoms with Gasteiger partial charge in [-0.2, -0.15) is 13.2 Å². The summed E-state index contributed by atoms with van der Waals surface area (Å²) in [5, 5.41) is 2.62. The Labute approximate surface area is 147 Å². The summed E-state index contributed by atoms with van der Waals surface area (Å²) in [5.41, 5.74) is -0.0688. The lowest BCUT2D eigenvalue weighted by Crippen LogP contribution is -2.27. The molecule has 5 nitrogen and oxygen atoms in total. The molecule has 25 heavy (non-hydrogen) atoms. The van der Waals surface area contributed by atoms with E-state index < -0.39 is 11.9 Å². The van der Waals surface area contributed by atoms with Gasteiger partial charge in [-0.15, -0.1) is 0 Å². The van der Waals surface area contributed by atoms with Crippen molar-refractivity contribution in [3.05, 3.63) is 47.8 Å². The normalized spacial score (nSPS) is 11.2. The molecule has 0 aliphatic rings. The first-order valence-electron chi connectivity index (χ1n) is 7.32. The highest BCUT2D eigenvalue weighted by molar-refractivity contribution is 7.99. The largest absolute Gasteiger partial charge is 0.496 e. The van der Waals surface area contributed by atoms with Gasteiger partial charge in [-0.05, 0) is 24.1 Å². The van der Waals surface area contributed by atoms with Gasteiger partial charge in [0.05, 0.1) is 12.9 Å². The van der Waals surface area contributed by atoms with Crippen LogP contribution in [0.15, 0.2) is 41.7 Å². The van der Waals surface area contributed by atoms with Gasteiger partial charge >= 0.3 is 6.18 Å². The van der Waals surface area contributed by atoms with Crippen molar-refractivity contribution in [2.24, 2.45) is 0 Å². The molecule has 1 N–H and O–H groups in total. The van der Waals surface area contributed by atoms with Gasteiger partial charge in [0.25, 0.3) is 0 Å². The Bertz CT molecular complexity index is 726. The van der Waals surface area contributed by atoms with Gasteiger partial charge in [-0.25, -0.2) is 9.97 Å². The number of rotatable bonds is 7. The Hall–Kier alpha value is -2.29. The first kappa shape index (κ1) is 19.0. The SMILES string of the molecule is COc1ccccc1CCNC(=O)CSc1nccc(C(F)(F)F)n1. The molecular weight excluding hydrogens is 355 g/mol. The monoisotopic (exact) mass is 371 g/mol. The zero-order valence-corrected chi connectivity index (χ0v) is 14.2. The third-order valence-corrected chi connectivity index (χ3v) is 4.03. The Kier molecular flexibility index (Phi) is 6.63. The van der Waals surface area contributed by atoms with E-state index in [4.69, 9.17) is 4.74 Å². The van der Waals surface area contributed by atoms with Crippen LogP contribution in [0, 0.1) is 0 Å². The molecule has 2 aromatic rings. The molecule has 134 valence electrons. The first-order valence-corrected chi connectivity index (χ1v) is 8.30. The van der Waals surface area contributed by atoms with Crippen LogP contribution in [0.25, 0.3) is 0 Å². The van der Waals surface area contributed by atoms with Crippen LogP contribution in [-0.2, 0) is 17.4 Å². The topological polar surface area (TPSA) is 64.1 Å². The van der Waals surface area contributed by atoms with Crippen LogP contribution < -0.4 is 10.1 Å². The Morgan fingerprint density at radius 1 is 1.28 bits per heavy atom. The maximum Gasteiger partial charge on any atom is 0.433 e. The summed E-state index contributed by atoms with van der Waals surface area (Å²) in [6, 6.07) is 8.25. The zero-order valence-electron chi connectivity index (χ0n) is 13.3. The fourth-order valence-electron chi connectivity index (χ4n) is 2.00. The van der Waals surface area contributed by atoms with Gasteiger partial charge in [-0.1, -0.05) is 30.0 Å². The van der Waals surface area contributed by atoms with Crippen molar-refractivity contribution in [3.63, 3.8) is 0 Å². The molecule has 0 aliphatic carbocycles. The number of nitrogens with one attached hydrogen (secondary N) is 1. The van der Waals surface area contributed by atoms with Crippen molar-refractivity contribution in [2.75, 3.05) is 19.4 Å². The summed E-state index contributed by atoms with van der Waals surface area (Å²) in [5.74, 6) is 0.372. The molecular formula is C16H16F3N3O2S. The lowest BCUT2D eigenvalue weighted by molar-refractivity contribution is -0.141. The highest BCUT2D eigenvalue weighted by Crippen LogP contribution is 2.28. The number of hydrogen-bond acceptors (Lipinski definition) is 5. The average molecular weight is 371 g/mol. The van der Waals surface area contributed by atoms with Gasteiger partial charge in [0, 0.05) is 12.7 Å². The quantitative estimate of drug-likeness (QED) is 0.599. The molecule has 0 unspecified atom stereocenters. The fourth-order valence-corrected chi connectivity index (χ4v) is 2.66. The van der Waals surface area contributed by atoms with Crippen molar-refractivity contribution < 1.29 is 22.7 Å². The van der Waals surface area contributed by atoms with Gasteiger partial charge in [0.2, 0.25) is 5.91 Å². The number of carbonyl (C=O) groups is 1. The number of hydrogen-bond donors (Lipinski definition) is 1. The third-order valence-electron chi connectivity index (χ3n) is 3.17. The second-order valence-corrected chi connectivity index (χ2v) is 5.87. The van der Waals surface area contributed by atoms with E-state index in [0.29, 0.717) is 13.0 Å². The molecule has 0 radical (unpaired) electrons. The molecule has 0 atom stereocenters. The highest BCUT2D eigenvalue weighted by Gasteiger charge is 2.32. The van der Waals surface area contributed by atoms with E-state index in [-0.39, 0.29) is 16.8 Å². The fraction of sp³-hybridized carbons (Fsp3) is 0.312.